The summed E-state index contributed by atoms with van der Waals surface area (Å²) in [5.74, 6) is 0.790. The van der Waals surface area contributed by atoms with Crippen LogP contribution in [0.5, 0.6) is 11.5 Å². The average Bonchev–Trinajstić information content (AvgIpc) is 3.00. The van der Waals surface area contributed by atoms with Crippen LogP contribution in [0.4, 0.5) is 5.69 Å². The van der Waals surface area contributed by atoms with E-state index in [0.717, 1.165) is 19.5 Å². The minimum Gasteiger partial charge on any atom is -0.497 e. The van der Waals surface area contributed by atoms with Crippen molar-refractivity contribution in [2.24, 2.45) is 5.92 Å². The van der Waals surface area contributed by atoms with Crippen LogP contribution in [0.25, 0.3) is 0 Å². The number of benzene rings is 3. The van der Waals surface area contributed by atoms with Crippen LogP contribution in [-0.2, 0) is 11.2 Å². The van der Waals surface area contributed by atoms with E-state index >= 15 is 0 Å². The van der Waals surface area contributed by atoms with E-state index in [9.17, 15) is 9.59 Å². The Labute approximate surface area is 243 Å². The Balaban J connectivity index is 1.59. The van der Waals surface area contributed by atoms with Crippen molar-refractivity contribution in [1.29, 1.82) is 0 Å². The van der Waals surface area contributed by atoms with E-state index in [4.69, 9.17) is 14.2 Å². The summed E-state index contributed by atoms with van der Waals surface area (Å²) in [7, 11) is 5.05. The number of likely N-dealkylation sites (N-methyl/N-ethyl adjacent to an activating group) is 1. The van der Waals surface area contributed by atoms with Gasteiger partial charge in [0.15, 0.2) is 0 Å². The first kappa shape index (κ1) is 30.1. The molecule has 3 aromatic rings. The van der Waals surface area contributed by atoms with Crippen LogP contribution < -0.4 is 14.8 Å². The van der Waals surface area contributed by atoms with Crippen molar-refractivity contribution < 1.29 is 23.8 Å². The molecule has 3 aromatic carbocycles. The Bertz CT molecular complexity index is 1320. The minimum absolute atomic E-state index is 0.0776. The first-order chi connectivity index (χ1) is 19.8. The molecule has 0 bridgehead atoms. The zero-order valence-electron chi connectivity index (χ0n) is 24.6. The molecule has 1 N–H and O–H groups in total. The van der Waals surface area contributed by atoms with Gasteiger partial charge in [-0.1, -0.05) is 43.3 Å². The second kappa shape index (κ2) is 14.1. The van der Waals surface area contributed by atoms with Crippen molar-refractivity contribution in [2.45, 2.75) is 32.4 Å². The fraction of sp³-hybridized carbons (Fsp3) is 0.394. The topological polar surface area (TPSA) is 80.3 Å². The fourth-order valence-electron chi connectivity index (χ4n) is 5.12. The summed E-state index contributed by atoms with van der Waals surface area (Å²) in [6.45, 7) is 6.83. The molecule has 1 aliphatic heterocycles. The van der Waals surface area contributed by atoms with Crippen LogP contribution in [-0.4, -0.2) is 81.3 Å². The van der Waals surface area contributed by atoms with Crippen molar-refractivity contribution in [2.75, 3.05) is 52.8 Å². The molecule has 218 valence electrons. The Morgan fingerprint density at radius 1 is 1.00 bits per heavy atom. The summed E-state index contributed by atoms with van der Waals surface area (Å²) in [5, 5.41) is 2.92. The van der Waals surface area contributed by atoms with Crippen LogP contribution in [0, 0.1) is 5.92 Å². The maximum absolute atomic E-state index is 13.5. The number of fused-ring (bicyclic) bond motifs is 1. The lowest BCUT2D eigenvalue weighted by atomic mass is 10.0. The summed E-state index contributed by atoms with van der Waals surface area (Å²) in [5.41, 5.74) is 2.74. The summed E-state index contributed by atoms with van der Waals surface area (Å²) in [6.07, 6.45) is 0.797. The van der Waals surface area contributed by atoms with Crippen LogP contribution >= 0.6 is 0 Å². The molecule has 8 heteroatoms. The highest BCUT2D eigenvalue weighted by molar-refractivity contribution is 6.05. The molecule has 0 aliphatic carbocycles. The van der Waals surface area contributed by atoms with E-state index in [1.165, 1.54) is 5.56 Å². The fourth-order valence-corrected chi connectivity index (χ4v) is 5.12. The van der Waals surface area contributed by atoms with Gasteiger partial charge in [-0.3, -0.25) is 14.5 Å². The zero-order chi connectivity index (χ0) is 29.4. The number of amides is 2. The Morgan fingerprint density at radius 2 is 1.78 bits per heavy atom. The average molecular weight is 560 g/mol. The molecule has 0 spiro atoms. The number of methoxy groups -OCH3 is 2. The number of ether oxygens (including phenoxy) is 3. The smallest absolute Gasteiger partial charge is 0.257 e. The van der Waals surface area contributed by atoms with Gasteiger partial charge < -0.3 is 24.4 Å². The number of carbonyl (C=O) groups excluding carboxylic acids is 2. The quantitative estimate of drug-likeness (QED) is 0.439. The Hall–Kier alpha value is -3.88. The molecular formula is C33H41N3O5. The van der Waals surface area contributed by atoms with Crippen LogP contribution in [0.1, 0.15) is 40.1 Å². The first-order valence-corrected chi connectivity index (χ1v) is 14.1. The largest absolute Gasteiger partial charge is 0.497 e. The van der Waals surface area contributed by atoms with Crippen molar-refractivity contribution in [1.82, 2.24) is 9.80 Å². The number of nitrogens with one attached hydrogen (secondary N) is 1. The van der Waals surface area contributed by atoms with Gasteiger partial charge in [0.2, 0.25) is 0 Å². The number of rotatable bonds is 7. The number of carbonyl (C=O) groups is 2. The van der Waals surface area contributed by atoms with Gasteiger partial charge in [0.05, 0.1) is 18.8 Å². The molecule has 0 unspecified atom stereocenters. The number of hydrogen-bond donors (Lipinski definition) is 1. The van der Waals surface area contributed by atoms with Gasteiger partial charge in [0.1, 0.15) is 18.1 Å². The van der Waals surface area contributed by atoms with Crippen molar-refractivity contribution >= 4 is 17.5 Å². The van der Waals surface area contributed by atoms with Crippen molar-refractivity contribution in [3.8, 4) is 11.5 Å². The summed E-state index contributed by atoms with van der Waals surface area (Å²) in [6, 6.07) is 22.7. The molecule has 0 aromatic heterocycles. The molecule has 2 amide bonds. The van der Waals surface area contributed by atoms with E-state index in [0.29, 0.717) is 41.5 Å². The molecule has 0 radical (unpaired) electrons. The molecule has 4 rings (SSSR count). The van der Waals surface area contributed by atoms with E-state index in [-0.39, 0.29) is 29.9 Å². The molecule has 8 nitrogen and oxygen atoms in total. The van der Waals surface area contributed by atoms with E-state index in [1.54, 1.807) is 68.6 Å². The first-order valence-electron chi connectivity index (χ1n) is 14.1. The maximum atomic E-state index is 13.5. The Kier molecular flexibility index (Phi) is 10.4. The van der Waals surface area contributed by atoms with Crippen LogP contribution in [0.15, 0.2) is 72.8 Å². The van der Waals surface area contributed by atoms with Crippen molar-refractivity contribution in [3.05, 3.63) is 89.5 Å². The van der Waals surface area contributed by atoms with Crippen molar-refractivity contribution in [3.63, 3.8) is 0 Å². The lowest BCUT2D eigenvalue weighted by Crippen LogP contribution is -2.47. The minimum atomic E-state index is -0.280. The third-order valence-electron chi connectivity index (χ3n) is 7.70. The van der Waals surface area contributed by atoms with E-state index in [1.807, 2.05) is 6.07 Å². The van der Waals surface area contributed by atoms with Gasteiger partial charge >= 0.3 is 0 Å². The second-order valence-electron chi connectivity index (χ2n) is 10.7. The highest BCUT2D eigenvalue weighted by Crippen LogP contribution is 2.27. The SMILES string of the molecule is COc1cccc(C(=O)Nc2ccc3c(c2)OC[C@@H](C)N(CCc2ccccc2)C[C@H](C)[C@H](OC)CN(C)C3=O)c1. The van der Waals surface area contributed by atoms with Crippen LogP contribution in [0.3, 0.4) is 0 Å². The molecule has 1 heterocycles. The number of hydrogen-bond acceptors (Lipinski definition) is 6. The van der Waals surface area contributed by atoms with Gasteiger partial charge in [0.25, 0.3) is 11.8 Å². The van der Waals surface area contributed by atoms with Crippen LogP contribution in [0.2, 0.25) is 0 Å². The van der Waals surface area contributed by atoms with Gasteiger partial charge in [-0.2, -0.15) is 0 Å². The van der Waals surface area contributed by atoms with E-state index in [2.05, 4.69) is 48.3 Å². The second-order valence-corrected chi connectivity index (χ2v) is 10.7. The normalized spacial score (nSPS) is 20.3. The molecule has 0 saturated carbocycles. The lowest BCUT2D eigenvalue weighted by Gasteiger charge is -2.36. The lowest BCUT2D eigenvalue weighted by molar-refractivity contribution is 0.0109. The predicted octanol–water partition coefficient (Wildman–Crippen LogP) is 5.00. The molecular weight excluding hydrogens is 518 g/mol. The summed E-state index contributed by atoms with van der Waals surface area (Å²) in [4.78, 5) is 30.6. The van der Waals surface area contributed by atoms with Gasteiger partial charge in [-0.15, -0.1) is 0 Å². The zero-order valence-corrected chi connectivity index (χ0v) is 24.6. The third-order valence-corrected chi connectivity index (χ3v) is 7.70. The number of nitrogens with zero attached hydrogens (tertiary/aromatic N) is 2. The molecule has 0 fully saturated rings. The van der Waals surface area contributed by atoms with Gasteiger partial charge in [-0.05, 0) is 55.2 Å². The highest BCUT2D eigenvalue weighted by atomic mass is 16.5. The molecule has 1 aliphatic rings. The molecule has 3 atom stereocenters. The monoisotopic (exact) mass is 559 g/mol. The van der Waals surface area contributed by atoms with Gasteiger partial charge in [-0.25, -0.2) is 0 Å². The maximum Gasteiger partial charge on any atom is 0.257 e. The predicted molar refractivity (Wildman–Crippen MR) is 161 cm³/mol. The standard InChI is InChI=1S/C33H41N3O5/c1-23-20-36(17-16-25-10-7-6-8-11-25)24(2)22-41-30-19-27(34-32(37)26-12-9-13-28(18-26)39-4)14-15-29(30)33(38)35(3)21-31(23)40-5/h6-15,18-19,23-24,31H,16-17,20-22H2,1-5H3,(H,34,37)/t23-,24+,31+/m0/s1. The Morgan fingerprint density at radius 3 is 2.51 bits per heavy atom. The molecule has 0 saturated heterocycles. The summed E-state index contributed by atoms with van der Waals surface area (Å²) < 4.78 is 17.5. The third kappa shape index (κ3) is 7.86. The van der Waals surface area contributed by atoms with Gasteiger partial charge in [0, 0.05) is 57.2 Å². The number of anilines is 1. The van der Waals surface area contributed by atoms with E-state index < -0.39 is 0 Å². The summed E-state index contributed by atoms with van der Waals surface area (Å²) >= 11 is 0. The molecule has 41 heavy (non-hydrogen) atoms. The highest BCUT2D eigenvalue weighted by Gasteiger charge is 2.28.